The third-order valence-electron chi connectivity index (χ3n) is 6.27. The first kappa shape index (κ1) is 23.7. The van der Waals surface area contributed by atoms with Crippen molar-refractivity contribution in [3.05, 3.63) is 95.6 Å². The van der Waals surface area contributed by atoms with Crippen molar-refractivity contribution in [2.24, 2.45) is 0 Å². The van der Waals surface area contributed by atoms with Gasteiger partial charge in [-0.2, -0.15) is 0 Å². The highest BCUT2D eigenvalue weighted by Gasteiger charge is 2.51. The predicted octanol–water partition coefficient (Wildman–Crippen LogP) is 4.60. The average molecular weight is 457 g/mol. The first-order chi connectivity index (χ1) is 16.1. The van der Waals surface area contributed by atoms with Crippen LogP contribution in [-0.4, -0.2) is 30.2 Å². The lowest BCUT2D eigenvalue weighted by Crippen LogP contribution is -2.41. The van der Waals surface area contributed by atoms with Crippen molar-refractivity contribution in [2.45, 2.75) is 45.5 Å². The van der Waals surface area contributed by atoms with Gasteiger partial charge in [-0.25, -0.2) is 4.79 Å². The van der Waals surface area contributed by atoms with Crippen molar-refractivity contribution in [3.8, 4) is 0 Å². The van der Waals surface area contributed by atoms with Crippen LogP contribution in [0.4, 0.5) is 5.69 Å². The largest absolute Gasteiger partial charge is 0.494 e. The Morgan fingerprint density at radius 2 is 1.47 bits per heavy atom. The molecule has 1 saturated heterocycles. The summed E-state index contributed by atoms with van der Waals surface area (Å²) in [4.78, 5) is 25.1. The van der Waals surface area contributed by atoms with E-state index in [0.717, 1.165) is 11.0 Å². The number of rotatable bonds is 6. The summed E-state index contributed by atoms with van der Waals surface area (Å²) in [5.41, 5.74) is 2.26. The second kappa shape index (κ2) is 9.45. The van der Waals surface area contributed by atoms with Crippen molar-refractivity contribution in [2.75, 3.05) is 5.32 Å². The summed E-state index contributed by atoms with van der Waals surface area (Å²) in [6.45, 7) is 8.17. The van der Waals surface area contributed by atoms with Crippen molar-refractivity contribution in [1.82, 2.24) is 0 Å². The standard InChI is InChI=1S/C27H28BNO5/c1-26(2)27(3,4)34-28(33-26)22-12-8-11-21(17-22)24(30)29-23-15-13-20(14-16-23)25(31)32-18-19-9-6-5-7-10-19/h5-17H,18H2,1-4H3,(H,29,30). The minimum absolute atomic E-state index is 0.206. The zero-order valence-electron chi connectivity index (χ0n) is 19.8. The molecule has 0 bridgehead atoms. The monoisotopic (exact) mass is 457 g/mol. The molecule has 0 spiro atoms. The third kappa shape index (κ3) is 5.21. The van der Waals surface area contributed by atoms with E-state index in [0.29, 0.717) is 16.8 Å². The number of benzene rings is 3. The normalized spacial score (nSPS) is 16.2. The fourth-order valence-electron chi connectivity index (χ4n) is 3.51. The van der Waals surface area contributed by atoms with Gasteiger partial charge in [-0.15, -0.1) is 0 Å². The van der Waals surface area contributed by atoms with E-state index in [1.807, 2.05) is 64.1 Å². The van der Waals surface area contributed by atoms with Gasteiger partial charge in [-0.05, 0) is 75.1 Å². The number of ether oxygens (including phenoxy) is 1. The number of hydrogen-bond donors (Lipinski definition) is 1. The summed E-state index contributed by atoms with van der Waals surface area (Å²) in [6.07, 6.45) is 0. The Hall–Kier alpha value is -3.42. The van der Waals surface area contributed by atoms with E-state index in [2.05, 4.69) is 5.32 Å². The summed E-state index contributed by atoms with van der Waals surface area (Å²) in [6, 6.07) is 23.3. The van der Waals surface area contributed by atoms with Crippen LogP contribution in [0.5, 0.6) is 0 Å². The van der Waals surface area contributed by atoms with Crippen LogP contribution in [0.2, 0.25) is 0 Å². The zero-order chi connectivity index (χ0) is 24.3. The van der Waals surface area contributed by atoms with E-state index >= 15 is 0 Å². The number of amides is 1. The topological polar surface area (TPSA) is 73.9 Å². The Balaban J connectivity index is 1.38. The molecule has 1 aliphatic heterocycles. The van der Waals surface area contributed by atoms with E-state index in [9.17, 15) is 9.59 Å². The number of carbonyl (C=O) groups is 2. The molecular weight excluding hydrogens is 429 g/mol. The maximum Gasteiger partial charge on any atom is 0.494 e. The summed E-state index contributed by atoms with van der Waals surface area (Å²) in [7, 11) is -0.543. The average Bonchev–Trinajstić information content (AvgIpc) is 3.05. The molecule has 0 atom stereocenters. The Labute approximate surface area is 200 Å². The number of nitrogens with one attached hydrogen (secondary N) is 1. The van der Waals surface area contributed by atoms with Gasteiger partial charge in [-0.3, -0.25) is 4.79 Å². The summed E-state index contributed by atoms with van der Waals surface area (Å²) < 4.78 is 17.5. The second-order valence-electron chi connectivity index (χ2n) is 9.31. The maximum absolute atomic E-state index is 12.8. The number of esters is 1. The predicted molar refractivity (Wildman–Crippen MR) is 132 cm³/mol. The highest BCUT2D eigenvalue weighted by atomic mass is 16.7. The van der Waals surface area contributed by atoms with Crippen LogP contribution < -0.4 is 10.8 Å². The molecule has 1 N–H and O–H groups in total. The van der Waals surface area contributed by atoms with Crippen molar-refractivity contribution < 1.29 is 23.6 Å². The number of anilines is 1. The van der Waals surface area contributed by atoms with Gasteiger partial charge in [0.25, 0.3) is 5.91 Å². The first-order valence-electron chi connectivity index (χ1n) is 11.2. The molecule has 1 amide bonds. The lowest BCUT2D eigenvalue weighted by Gasteiger charge is -2.32. The SMILES string of the molecule is CC1(C)OB(c2cccc(C(=O)Nc3ccc(C(=O)OCc4ccccc4)cc3)c2)OC1(C)C. The molecule has 7 heteroatoms. The molecule has 1 aliphatic rings. The van der Waals surface area contributed by atoms with Crippen LogP contribution in [0.15, 0.2) is 78.9 Å². The number of carbonyl (C=O) groups excluding carboxylic acids is 2. The van der Waals surface area contributed by atoms with Crippen molar-refractivity contribution >= 4 is 30.1 Å². The summed E-state index contributed by atoms with van der Waals surface area (Å²) in [5, 5.41) is 2.86. The van der Waals surface area contributed by atoms with E-state index in [4.69, 9.17) is 14.0 Å². The van der Waals surface area contributed by atoms with E-state index in [1.54, 1.807) is 42.5 Å². The Morgan fingerprint density at radius 1 is 0.824 bits per heavy atom. The van der Waals surface area contributed by atoms with Gasteiger partial charge in [0.05, 0.1) is 16.8 Å². The molecular formula is C27H28BNO5. The minimum atomic E-state index is -0.543. The molecule has 0 saturated carbocycles. The highest BCUT2D eigenvalue weighted by Crippen LogP contribution is 2.36. The van der Waals surface area contributed by atoms with Gasteiger partial charge in [0.15, 0.2) is 0 Å². The zero-order valence-corrected chi connectivity index (χ0v) is 19.8. The molecule has 34 heavy (non-hydrogen) atoms. The van der Waals surface area contributed by atoms with Crippen LogP contribution in [-0.2, 0) is 20.7 Å². The van der Waals surface area contributed by atoms with Crippen LogP contribution in [0, 0.1) is 0 Å². The van der Waals surface area contributed by atoms with Gasteiger partial charge in [-0.1, -0.05) is 42.5 Å². The lowest BCUT2D eigenvalue weighted by molar-refractivity contribution is 0.00578. The Kier molecular flexibility index (Phi) is 6.59. The molecule has 0 radical (unpaired) electrons. The summed E-state index contributed by atoms with van der Waals surface area (Å²) >= 11 is 0. The Bertz CT molecular complexity index is 1160. The summed E-state index contributed by atoms with van der Waals surface area (Å²) in [5.74, 6) is -0.686. The van der Waals surface area contributed by atoms with Crippen LogP contribution in [0.1, 0.15) is 54.0 Å². The lowest BCUT2D eigenvalue weighted by atomic mass is 9.78. The van der Waals surface area contributed by atoms with Gasteiger partial charge in [0, 0.05) is 11.3 Å². The van der Waals surface area contributed by atoms with Crippen LogP contribution >= 0.6 is 0 Å². The maximum atomic E-state index is 12.8. The van der Waals surface area contributed by atoms with Gasteiger partial charge in [0.2, 0.25) is 0 Å². The first-order valence-corrected chi connectivity index (χ1v) is 11.2. The van der Waals surface area contributed by atoms with Gasteiger partial charge < -0.3 is 19.4 Å². The van der Waals surface area contributed by atoms with Crippen molar-refractivity contribution in [3.63, 3.8) is 0 Å². The molecule has 6 nitrogen and oxygen atoms in total. The van der Waals surface area contributed by atoms with Gasteiger partial charge >= 0.3 is 13.1 Å². The Morgan fingerprint density at radius 3 is 2.12 bits per heavy atom. The molecule has 3 aromatic rings. The molecule has 0 aliphatic carbocycles. The van der Waals surface area contributed by atoms with Crippen molar-refractivity contribution in [1.29, 1.82) is 0 Å². The van der Waals surface area contributed by atoms with E-state index < -0.39 is 24.3 Å². The van der Waals surface area contributed by atoms with E-state index in [1.165, 1.54) is 0 Å². The van der Waals surface area contributed by atoms with Crippen LogP contribution in [0.3, 0.4) is 0 Å². The molecule has 1 heterocycles. The molecule has 0 aromatic heterocycles. The second-order valence-corrected chi connectivity index (χ2v) is 9.31. The fraction of sp³-hybridized carbons (Fsp3) is 0.259. The number of hydrogen-bond acceptors (Lipinski definition) is 5. The molecule has 0 unspecified atom stereocenters. The molecule has 174 valence electrons. The van der Waals surface area contributed by atoms with E-state index in [-0.39, 0.29) is 12.5 Å². The highest BCUT2D eigenvalue weighted by molar-refractivity contribution is 6.62. The minimum Gasteiger partial charge on any atom is -0.457 e. The van der Waals surface area contributed by atoms with Crippen LogP contribution in [0.25, 0.3) is 0 Å². The molecule has 3 aromatic carbocycles. The third-order valence-corrected chi connectivity index (χ3v) is 6.27. The quantitative estimate of drug-likeness (QED) is 0.433. The van der Waals surface area contributed by atoms with Gasteiger partial charge in [0.1, 0.15) is 6.61 Å². The fourth-order valence-corrected chi connectivity index (χ4v) is 3.51. The molecule has 4 rings (SSSR count). The smallest absolute Gasteiger partial charge is 0.457 e. The molecule has 1 fully saturated rings.